The molecule has 112 valence electrons. The molecule has 2 nitrogen and oxygen atoms in total. The Kier molecular flexibility index (Phi) is 2.83. The van der Waals surface area contributed by atoms with Crippen molar-refractivity contribution in [2.45, 2.75) is 0 Å². The van der Waals surface area contributed by atoms with E-state index in [1.54, 1.807) is 0 Å². The first-order chi connectivity index (χ1) is 11.9. The minimum atomic E-state index is 0.773. The summed E-state index contributed by atoms with van der Waals surface area (Å²) >= 11 is 0. The lowest BCUT2D eigenvalue weighted by atomic mass is 10.0. The average Bonchev–Trinajstić information content (AvgIpc) is 2.67. The molecule has 0 bridgehead atoms. The van der Waals surface area contributed by atoms with Crippen molar-refractivity contribution in [1.29, 1.82) is 0 Å². The summed E-state index contributed by atoms with van der Waals surface area (Å²) in [7, 11) is 0. The highest BCUT2D eigenvalue weighted by Crippen LogP contribution is 2.29. The maximum absolute atomic E-state index is 4.83. The molecule has 0 fully saturated rings. The van der Waals surface area contributed by atoms with Crippen molar-refractivity contribution < 1.29 is 0 Å². The van der Waals surface area contributed by atoms with Gasteiger partial charge >= 0.3 is 0 Å². The Morgan fingerprint density at radius 1 is 0.542 bits per heavy atom. The van der Waals surface area contributed by atoms with E-state index in [1.807, 2.05) is 6.20 Å². The van der Waals surface area contributed by atoms with Crippen LogP contribution in [0.15, 0.2) is 85.1 Å². The first-order valence-electron chi connectivity index (χ1n) is 8.03. The minimum Gasteiger partial charge on any atom is -0.236 e. The highest BCUT2D eigenvalue weighted by atomic mass is 14.9. The Morgan fingerprint density at radius 3 is 2.12 bits per heavy atom. The quantitative estimate of drug-likeness (QED) is 0.376. The summed E-state index contributed by atoms with van der Waals surface area (Å²) in [5.41, 5.74) is 2.05. The van der Waals surface area contributed by atoms with Crippen molar-refractivity contribution in [3.8, 4) is 11.4 Å². The zero-order chi connectivity index (χ0) is 15.9. The van der Waals surface area contributed by atoms with Crippen LogP contribution in [-0.2, 0) is 0 Å². The summed E-state index contributed by atoms with van der Waals surface area (Å²) in [5, 5.41) is 5.89. The van der Waals surface area contributed by atoms with Crippen LogP contribution in [0.1, 0.15) is 0 Å². The molecule has 5 rings (SSSR count). The number of hydrogen-bond donors (Lipinski definition) is 0. The Bertz CT molecular complexity index is 1200. The molecule has 0 radical (unpaired) electrons. The highest BCUT2D eigenvalue weighted by molar-refractivity contribution is 6.06. The van der Waals surface area contributed by atoms with Crippen LogP contribution >= 0.6 is 0 Å². The number of fused-ring (bicyclic) bond motifs is 4. The van der Waals surface area contributed by atoms with Crippen LogP contribution in [0.4, 0.5) is 0 Å². The lowest BCUT2D eigenvalue weighted by Gasteiger charge is -2.08. The van der Waals surface area contributed by atoms with Gasteiger partial charge in [-0.2, -0.15) is 0 Å². The molecule has 4 aromatic carbocycles. The number of benzene rings is 4. The fourth-order valence-corrected chi connectivity index (χ4v) is 3.34. The number of hydrogen-bond acceptors (Lipinski definition) is 2. The first-order valence-corrected chi connectivity index (χ1v) is 8.03. The average molecular weight is 306 g/mol. The summed E-state index contributed by atoms with van der Waals surface area (Å²) in [6.45, 7) is 0. The van der Waals surface area contributed by atoms with Crippen LogP contribution in [0.2, 0.25) is 0 Å². The topological polar surface area (TPSA) is 25.8 Å². The molecular formula is C22H14N2. The van der Waals surface area contributed by atoms with Crippen molar-refractivity contribution in [1.82, 2.24) is 9.97 Å². The van der Waals surface area contributed by atoms with Gasteiger partial charge in [0.1, 0.15) is 0 Å². The Balaban J connectivity index is 1.80. The van der Waals surface area contributed by atoms with Gasteiger partial charge in [0.05, 0.1) is 5.52 Å². The van der Waals surface area contributed by atoms with E-state index in [1.165, 1.54) is 21.5 Å². The molecule has 0 saturated heterocycles. The maximum atomic E-state index is 4.83. The van der Waals surface area contributed by atoms with Crippen molar-refractivity contribution in [2.24, 2.45) is 0 Å². The molecule has 0 saturated carbocycles. The molecule has 0 spiro atoms. The van der Waals surface area contributed by atoms with Gasteiger partial charge in [0.2, 0.25) is 0 Å². The van der Waals surface area contributed by atoms with E-state index in [2.05, 4.69) is 83.8 Å². The molecule has 2 heteroatoms. The third kappa shape index (κ3) is 1.97. The van der Waals surface area contributed by atoms with Gasteiger partial charge in [-0.25, -0.2) is 9.97 Å². The summed E-state index contributed by atoms with van der Waals surface area (Å²) in [6.07, 6.45) is 1.95. The second kappa shape index (κ2) is 5.14. The van der Waals surface area contributed by atoms with Crippen molar-refractivity contribution in [3.05, 3.63) is 85.1 Å². The van der Waals surface area contributed by atoms with Gasteiger partial charge in [0.25, 0.3) is 0 Å². The summed E-state index contributed by atoms with van der Waals surface area (Å²) in [6, 6.07) is 27.2. The zero-order valence-electron chi connectivity index (χ0n) is 13.0. The van der Waals surface area contributed by atoms with Crippen LogP contribution < -0.4 is 0 Å². The van der Waals surface area contributed by atoms with Crippen molar-refractivity contribution >= 4 is 32.4 Å². The smallest absolute Gasteiger partial charge is 0.160 e. The molecule has 5 aromatic rings. The van der Waals surface area contributed by atoms with Gasteiger partial charge in [-0.1, -0.05) is 72.8 Å². The van der Waals surface area contributed by atoms with E-state index in [4.69, 9.17) is 4.98 Å². The molecule has 1 aromatic heterocycles. The van der Waals surface area contributed by atoms with Crippen LogP contribution in [0.25, 0.3) is 43.8 Å². The molecule has 0 aliphatic carbocycles. The predicted octanol–water partition coefficient (Wildman–Crippen LogP) is 5.60. The normalized spacial score (nSPS) is 11.3. The molecule has 24 heavy (non-hydrogen) atoms. The molecule has 1 heterocycles. The number of aromatic nitrogens is 2. The first kappa shape index (κ1) is 13.2. The molecule has 0 aliphatic heterocycles. The maximum Gasteiger partial charge on any atom is 0.160 e. The van der Waals surface area contributed by atoms with Gasteiger partial charge in [-0.3, -0.25) is 0 Å². The monoisotopic (exact) mass is 306 g/mol. The van der Waals surface area contributed by atoms with Crippen LogP contribution in [0.5, 0.6) is 0 Å². The van der Waals surface area contributed by atoms with Crippen LogP contribution in [-0.4, -0.2) is 9.97 Å². The van der Waals surface area contributed by atoms with Crippen molar-refractivity contribution in [2.75, 3.05) is 0 Å². The van der Waals surface area contributed by atoms with E-state index < -0.39 is 0 Å². The van der Waals surface area contributed by atoms with Crippen LogP contribution in [0.3, 0.4) is 0 Å². The van der Waals surface area contributed by atoms with Crippen LogP contribution in [0, 0.1) is 0 Å². The summed E-state index contributed by atoms with van der Waals surface area (Å²) < 4.78 is 0. The van der Waals surface area contributed by atoms with Gasteiger partial charge in [-0.05, 0) is 27.6 Å². The summed E-state index contributed by atoms with van der Waals surface area (Å²) in [5.74, 6) is 0.773. The number of nitrogens with zero attached hydrogens (tertiary/aromatic N) is 2. The molecule has 0 N–H and O–H groups in total. The SMILES string of the molecule is c1ccc2c(-c3ncc4c(ccc5ccccc54)n3)cccc2c1. The zero-order valence-corrected chi connectivity index (χ0v) is 13.0. The third-order valence-corrected chi connectivity index (χ3v) is 4.52. The second-order valence-electron chi connectivity index (χ2n) is 5.94. The lowest BCUT2D eigenvalue weighted by molar-refractivity contribution is 1.24. The molecule has 0 amide bonds. The van der Waals surface area contributed by atoms with Gasteiger partial charge in [0, 0.05) is 17.1 Å². The Hall–Kier alpha value is -3.26. The highest BCUT2D eigenvalue weighted by Gasteiger charge is 2.08. The van der Waals surface area contributed by atoms with E-state index in [9.17, 15) is 0 Å². The predicted molar refractivity (Wildman–Crippen MR) is 100.0 cm³/mol. The molecular weight excluding hydrogens is 292 g/mol. The second-order valence-corrected chi connectivity index (χ2v) is 5.94. The standard InChI is InChI=1S/C22H14N2/c1-3-9-17-15(6-1)8-5-11-19(17)22-23-14-20-18-10-4-2-7-16(18)12-13-21(20)24-22/h1-14H. The Labute approximate surface area is 139 Å². The minimum absolute atomic E-state index is 0.773. The van der Waals surface area contributed by atoms with Crippen molar-refractivity contribution in [3.63, 3.8) is 0 Å². The third-order valence-electron chi connectivity index (χ3n) is 4.52. The molecule has 0 unspecified atom stereocenters. The lowest BCUT2D eigenvalue weighted by Crippen LogP contribution is -1.91. The summed E-state index contributed by atoms with van der Waals surface area (Å²) in [4.78, 5) is 9.50. The fraction of sp³-hybridized carbons (Fsp3) is 0. The van der Waals surface area contributed by atoms with E-state index in [0.717, 1.165) is 22.3 Å². The molecule has 0 aliphatic rings. The van der Waals surface area contributed by atoms with E-state index >= 15 is 0 Å². The van der Waals surface area contributed by atoms with E-state index in [0.29, 0.717) is 0 Å². The van der Waals surface area contributed by atoms with Gasteiger partial charge in [0.15, 0.2) is 5.82 Å². The number of rotatable bonds is 1. The van der Waals surface area contributed by atoms with Gasteiger partial charge in [-0.15, -0.1) is 0 Å². The molecule has 0 atom stereocenters. The van der Waals surface area contributed by atoms with Gasteiger partial charge < -0.3 is 0 Å². The van der Waals surface area contributed by atoms with E-state index in [-0.39, 0.29) is 0 Å². The fourth-order valence-electron chi connectivity index (χ4n) is 3.34. The Morgan fingerprint density at radius 2 is 1.25 bits per heavy atom. The largest absolute Gasteiger partial charge is 0.236 e.